The molecule has 1 saturated heterocycles. The lowest BCUT2D eigenvalue weighted by Gasteiger charge is -2.25. The van der Waals surface area contributed by atoms with E-state index in [2.05, 4.69) is 21.3 Å². The summed E-state index contributed by atoms with van der Waals surface area (Å²) in [6, 6.07) is 0. The van der Waals surface area contributed by atoms with Crippen LogP contribution in [0.5, 0.6) is 0 Å². The molecule has 2 rings (SSSR count). The number of hydrogen-bond acceptors (Lipinski definition) is 6. The second-order valence-corrected chi connectivity index (χ2v) is 7.83. The third-order valence-electron chi connectivity index (χ3n) is 4.35. The first kappa shape index (κ1) is 19.9. The molecule has 5 N–H and O–H groups in total. The fraction of sp³-hybridized carbons (Fsp3) is 0.647. The molecule has 0 bridgehead atoms. The molecule has 9 nitrogen and oxygen atoms in total. The Kier molecular flexibility index (Phi) is 6.01. The Labute approximate surface area is 152 Å². The number of nitrogens with zero attached hydrogens (tertiary/aromatic N) is 1. The van der Waals surface area contributed by atoms with Gasteiger partial charge in [-0.1, -0.05) is 25.9 Å². The molecule has 0 spiro atoms. The highest BCUT2D eigenvalue weighted by atomic mass is 16.5. The normalized spacial score (nSPS) is 18.5. The minimum atomic E-state index is -0.737. The zero-order valence-corrected chi connectivity index (χ0v) is 15.6. The van der Waals surface area contributed by atoms with Gasteiger partial charge in [-0.15, -0.1) is 0 Å². The summed E-state index contributed by atoms with van der Waals surface area (Å²) in [4.78, 5) is 36.1. The summed E-state index contributed by atoms with van der Waals surface area (Å²) in [6.45, 7) is 8.62. The van der Waals surface area contributed by atoms with Crippen LogP contribution in [-0.2, 0) is 9.59 Å². The lowest BCUT2D eigenvalue weighted by Crippen LogP contribution is -2.44. The Bertz CT molecular complexity index is 692. The van der Waals surface area contributed by atoms with Gasteiger partial charge >= 0.3 is 0 Å². The minimum absolute atomic E-state index is 0.0242. The van der Waals surface area contributed by atoms with Crippen LogP contribution >= 0.6 is 0 Å². The number of carbonyl (C=O) groups is 3. The third-order valence-corrected chi connectivity index (χ3v) is 4.35. The molecule has 144 valence electrons. The van der Waals surface area contributed by atoms with Crippen LogP contribution in [0.3, 0.4) is 0 Å². The first-order valence-corrected chi connectivity index (χ1v) is 8.66. The fourth-order valence-electron chi connectivity index (χ4n) is 3.09. The summed E-state index contributed by atoms with van der Waals surface area (Å²) >= 11 is 0. The lowest BCUT2D eigenvalue weighted by atomic mass is 9.80. The molecule has 0 unspecified atom stereocenters. The molecule has 1 aliphatic heterocycles. The number of hydrogen-bond donors (Lipinski definition) is 4. The van der Waals surface area contributed by atoms with E-state index < -0.39 is 11.8 Å². The van der Waals surface area contributed by atoms with Crippen LogP contribution in [0.15, 0.2) is 4.52 Å². The number of hydrazine groups is 1. The average Bonchev–Trinajstić information content (AvgIpc) is 3.10. The van der Waals surface area contributed by atoms with Crippen LogP contribution in [0.2, 0.25) is 0 Å². The van der Waals surface area contributed by atoms with Crippen LogP contribution in [0.1, 0.15) is 61.3 Å². The van der Waals surface area contributed by atoms with Gasteiger partial charge in [-0.25, -0.2) is 5.43 Å². The second kappa shape index (κ2) is 7.86. The van der Waals surface area contributed by atoms with Crippen molar-refractivity contribution in [3.8, 4) is 0 Å². The van der Waals surface area contributed by atoms with Crippen molar-refractivity contribution in [1.29, 1.82) is 0 Å². The number of nitrogens with two attached hydrogens (primary N) is 1. The molecule has 3 amide bonds. The Hall–Kier alpha value is -2.42. The molecule has 1 fully saturated rings. The Balaban J connectivity index is 2.14. The average molecular weight is 365 g/mol. The van der Waals surface area contributed by atoms with Gasteiger partial charge in [0.05, 0.1) is 11.8 Å². The fourth-order valence-corrected chi connectivity index (χ4v) is 3.09. The molecule has 1 aromatic rings. The topological polar surface area (TPSA) is 139 Å². The number of aromatic nitrogens is 1. The molecule has 0 aromatic carbocycles. The number of amides is 3. The van der Waals surface area contributed by atoms with E-state index in [0.717, 1.165) is 6.42 Å². The molecule has 0 radical (unpaired) electrons. The first-order chi connectivity index (χ1) is 12.1. The quantitative estimate of drug-likeness (QED) is 0.514. The van der Waals surface area contributed by atoms with E-state index in [4.69, 9.17) is 10.3 Å². The minimum Gasteiger partial charge on any atom is -0.364 e. The van der Waals surface area contributed by atoms with Crippen LogP contribution in [-0.4, -0.2) is 36.0 Å². The standard InChI is InChI=1S/C17H27N5O4/c1-9-12(13(14(18)23)22-26-9)11(7-17(2,3)4)16(25)21-20-8-10-5-6-19-15(10)24/h10-11,20H,5-8H2,1-4H3,(H2,18,23)(H,19,24)(H,21,25)/t10-,11-/m0/s1. The van der Waals surface area contributed by atoms with E-state index in [0.29, 0.717) is 30.8 Å². The molecule has 1 aliphatic rings. The van der Waals surface area contributed by atoms with Gasteiger partial charge in [0.25, 0.3) is 5.91 Å². The van der Waals surface area contributed by atoms with E-state index in [1.807, 2.05) is 20.8 Å². The number of nitrogens with one attached hydrogen (secondary N) is 3. The van der Waals surface area contributed by atoms with E-state index in [1.54, 1.807) is 6.92 Å². The van der Waals surface area contributed by atoms with Crippen LogP contribution < -0.4 is 21.9 Å². The maximum absolute atomic E-state index is 12.8. The Morgan fingerprint density at radius 1 is 1.42 bits per heavy atom. The highest BCUT2D eigenvalue weighted by Crippen LogP contribution is 2.34. The largest absolute Gasteiger partial charge is 0.364 e. The summed E-state index contributed by atoms with van der Waals surface area (Å²) in [5, 5.41) is 6.45. The highest BCUT2D eigenvalue weighted by Gasteiger charge is 2.34. The van der Waals surface area contributed by atoms with Gasteiger partial charge in [-0.05, 0) is 25.2 Å². The molecule has 2 heterocycles. The number of carbonyl (C=O) groups excluding carboxylic acids is 3. The Morgan fingerprint density at radius 3 is 2.65 bits per heavy atom. The van der Waals surface area contributed by atoms with Gasteiger partial charge < -0.3 is 15.6 Å². The van der Waals surface area contributed by atoms with Crippen molar-refractivity contribution in [3.63, 3.8) is 0 Å². The van der Waals surface area contributed by atoms with Crippen LogP contribution in [0, 0.1) is 18.3 Å². The summed E-state index contributed by atoms with van der Waals surface area (Å²) in [6.07, 6.45) is 1.19. The smallest absolute Gasteiger partial charge is 0.271 e. The zero-order valence-electron chi connectivity index (χ0n) is 15.6. The van der Waals surface area contributed by atoms with Crippen LogP contribution in [0.25, 0.3) is 0 Å². The van der Waals surface area contributed by atoms with Gasteiger partial charge in [0.15, 0.2) is 5.69 Å². The number of primary amides is 1. The van der Waals surface area contributed by atoms with Gasteiger partial charge in [0, 0.05) is 18.7 Å². The van der Waals surface area contributed by atoms with Crippen molar-refractivity contribution >= 4 is 17.7 Å². The van der Waals surface area contributed by atoms with E-state index in [-0.39, 0.29) is 28.8 Å². The van der Waals surface area contributed by atoms with Crippen molar-refractivity contribution in [2.45, 2.75) is 46.5 Å². The molecular weight excluding hydrogens is 338 g/mol. The maximum Gasteiger partial charge on any atom is 0.271 e. The van der Waals surface area contributed by atoms with Crippen molar-refractivity contribution in [3.05, 3.63) is 17.0 Å². The van der Waals surface area contributed by atoms with E-state index in [9.17, 15) is 14.4 Å². The van der Waals surface area contributed by atoms with Gasteiger partial charge in [-0.2, -0.15) is 0 Å². The van der Waals surface area contributed by atoms with Gasteiger partial charge in [0.1, 0.15) is 5.76 Å². The monoisotopic (exact) mass is 365 g/mol. The molecule has 1 aromatic heterocycles. The first-order valence-electron chi connectivity index (χ1n) is 8.66. The van der Waals surface area contributed by atoms with Gasteiger partial charge in [0.2, 0.25) is 11.8 Å². The van der Waals surface area contributed by atoms with Gasteiger partial charge in [-0.3, -0.25) is 19.8 Å². The van der Waals surface area contributed by atoms with E-state index >= 15 is 0 Å². The summed E-state index contributed by atoms with van der Waals surface area (Å²) in [7, 11) is 0. The summed E-state index contributed by atoms with van der Waals surface area (Å²) in [5.41, 5.74) is 11.0. The Morgan fingerprint density at radius 2 is 2.12 bits per heavy atom. The molecule has 2 atom stereocenters. The molecule has 0 saturated carbocycles. The number of rotatable bonds is 7. The van der Waals surface area contributed by atoms with Crippen LogP contribution in [0.4, 0.5) is 0 Å². The van der Waals surface area contributed by atoms with Crippen molar-refractivity contribution in [1.82, 2.24) is 21.3 Å². The van der Waals surface area contributed by atoms with Crippen molar-refractivity contribution < 1.29 is 18.9 Å². The third kappa shape index (κ3) is 4.81. The van der Waals surface area contributed by atoms with E-state index in [1.165, 1.54) is 0 Å². The lowest BCUT2D eigenvalue weighted by molar-refractivity contribution is -0.125. The SMILES string of the molecule is Cc1onc(C(N)=O)c1[C@H](CC(C)(C)C)C(=O)NNC[C@@H]1CCNC1=O. The summed E-state index contributed by atoms with van der Waals surface area (Å²) < 4.78 is 5.10. The maximum atomic E-state index is 12.8. The molecular formula is C17H27N5O4. The predicted octanol–water partition coefficient (Wildman–Crippen LogP) is 0.359. The second-order valence-electron chi connectivity index (χ2n) is 7.83. The molecule has 0 aliphatic carbocycles. The predicted molar refractivity (Wildman–Crippen MR) is 93.8 cm³/mol. The zero-order chi connectivity index (χ0) is 19.5. The molecule has 9 heteroatoms. The van der Waals surface area contributed by atoms with Crippen molar-refractivity contribution in [2.75, 3.05) is 13.1 Å². The highest BCUT2D eigenvalue weighted by molar-refractivity contribution is 5.95. The number of aryl methyl sites for hydroxylation is 1. The summed E-state index contributed by atoms with van der Waals surface area (Å²) in [5.74, 6) is -1.53. The molecule has 26 heavy (non-hydrogen) atoms. The van der Waals surface area contributed by atoms with Crippen molar-refractivity contribution in [2.24, 2.45) is 17.1 Å².